The number of aromatic nitrogens is 1. The minimum Gasteiger partial charge on any atom is -0.497 e. The smallest absolute Gasteiger partial charge is 0.223 e. The molecule has 2 aromatic carbocycles. The number of amides is 1. The molecule has 0 spiro atoms. The Morgan fingerprint density at radius 2 is 1.90 bits per heavy atom. The standard InChI is InChI=1S/C25H28N2O3/c1-17-13-18(2)15-20(14-17)22-5-4-12-27(22)25(28)11-10-24-26-16-23(30-24)19-6-8-21(29-3)9-7-19/h6-9,13-16,22H,4-5,10-12H2,1-3H3. The van der Waals surface area contributed by atoms with E-state index in [-0.39, 0.29) is 11.9 Å². The first-order valence-electron chi connectivity index (χ1n) is 10.5. The molecule has 0 bridgehead atoms. The van der Waals surface area contributed by atoms with Crippen LogP contribution in [0.3, 0.4) is 0 Å². The molecule has 0 aliphatic carbocycles. The van der Waals surface area contributed by atoms with Crippen LogP contribution in [-0.4, -0.2) is 29.4 Å². The van der Waals surface area contributed by atoms with Gasteiger partial charge in [0.05, 0.1) is 19.3 Å². The number of ether oxygens (including phenoxy) is 1. The quantitative estimate of drug-likeness (QED) is 0.562. The second-order valence-electron chi connectivity index (χ2n) is 8.01. The Kier molecular flexibility index (Phi) is 5.88. The summed E-state index contributed by atoms with van der Waals surface area (Å²) in [7, 11) is 1.64. The monoisotopic (exact) mass is 404 g/mol. The number of aryl methyl sites for hydroxylation is 3. The Morgan fingerprint density at radius 3 is 2.60 bits per heavy atom. The van der Waals surface area contributed by atoms with Crippen LogP contribution in [-0.2, 0) is 11.2 Å². The van der Waals surface area contributed by atoms with Crippen molar-refractivity contribution in [2.75, 3.05) is 13.7 Å². The molecule has 1 saturated heterocycles. The second kappa shape index (κ2) is 8.74. The number of hydrogen-bond donors (Lipinski definition) is 0. The zero-order valence-corrected chi connectivity index (χ0v) is 17.9. The summed E-state index contributed by atoms with van der Waals surface area (Å²) < 4.78 is 11.1. The molecule has 1 aliphatic rings. The molecule has 0 saturated carbocycles. The number of carbonyl (C=O) groups excluding carboxylic acids is 1. The number of rotatable bonds is 6. The van der Waals surface area contributed by atoms with Crippen LogP contribution in [0.25, 0.3) is 11.3 Å². The summed E-state index contributed by atoms with van der Waals surface area (Å²) in [6, 6.07) is 14.4. The predicted octanol–water partition coefficient (Wildman–Crippen LogP) is 5.26. The molecular formula is C25H28N2O3. The van der Waals surface area contributed by atoms with Gasteiger partial charge in [-0.3, -0.25) is 4.79 Å². The van der Waals surface area contributed by atoms with E-state index in [9.17, 15) is 4.79 Å². The number of carbonyl (C=O) groups is 1. The van der Waals surface area contributed by atoms with Gasteiger partial charge in [0.2, 0.25) is 5.91 Å². The largest absolute Gasteiger partial charge is 0.497 e. The predicted molar refractivity (Wildman–Crippen MR) is 116 cm³/mol. The summed E-state index contributed by atoms with van der Waals surface area (Å²) in [5.74, 6) is 2.26. The lowest BCUT2D eigenvalue weighted by atomic mass is 9.99. The van der Waals surface area contributed by atoms with E-state index in [1.807, 2.05) is 29.2 Å². The molecule has 5 nitrogen and oxygen atoms in total. The number of oxazole rings is 1. The highest BCUT2D eigenvalue weighted by Gasteiger charge is 2.30. The van der Waals surface area contributed by atoms with E-state index in [0.717, 1.165) is 30.7 Å². The number of benzene rings is 2. The van der Waals surface area contributed by atoms with Crippen molar-refractivity contribution in [2.24, 2.45) is 0 Å². The molecule has 2 heterocycles. The highest BCUT2D eigenvalue weighted by atomic mass is 16.5. The molecule has 156 valence electrons. The van der Waals surface area contributed by atoms with Crippen LogP contribution in [0.15, 0.2) is 53.1 Å². The van der Waals surface area contributed by atoms with Gasteiger partial charge >= 0.3 is 0 Å². The minimum atomic E-state index is 0.167. The first-order chi connectivity index (χ1) is 14.5. The number of hydrogen-bond acceptors (Lipinski definition) is 4. The van der Waals surface area contributed by atoms with E-state index in [4.69, 9.17) is 9.15 Å². The third-order valence-electron chi connectivity index (χ3n) is 5.68. The number of methoxy groups -OCH3 is 1. The fourth-order valence-electron chi connectivity index (χ4n) is 4.29. The van der Waals surface area contributed by atoms with Crippen molar-refractivity contribution in [3.8, 4) is 17.1 Å². The fraction of sp³-hybridized carbons (Fsp3) is 0.360. The molecule has 0 radical (unpaired) electrons. The minimum absolute atomic E-state index is 0.167. The molecule has 1 atom stereocenters. The summed E-state index contributed by atoms with van der Waals surface area (Å²) in [6.45, 7) is 5.04. The molecule has 3 aromatic rings. The van der Waals surface area contributed by atoms with Crippen molar-refractivity contribution in [1.29, 1.82) is 0 Å². The van der Waals surface area contributed by atoms with Gasteiger partial charge in [-0.05, 0) is 56.5 Å². The van der Waals surface area contributed by atoms with Crippen LogP contribution < -0.4 is 4.74 Å². The average Bonchev–Trinajstić information content (AvgIpc) is 3.41. The molecule has 4 rings (SSSR count). The van der Waals surface area contributed by atoms with E-state index in [1.54, 1.807) is 13.3 Å². The van der Waals surface area contributed by atoms with Gasteiger partial charge in [-0.1, -0.05) is 29.3 Å². The lowest BCUT2D eigenvalue weighted by Gasteiger charge is -2.25. The third kappa shape index (κ3) is 4.40. The van der Waals surface area contributed by atoms with Gasteiger partial charge in [0, 0.05) is 24.9 Å². The molecule has 1 aromatic heterocycles. The number of likely N-dealkylation sites (tertiary alicyclic amines) is 1. The van der Waals surface area contributed by atoms with Crippen molar-refractivity contribution >= 4 is 5.91 Å². The Hall–Kier alpha value is -3.08. The maximum atomic E-state index is 13.0. The van der Waals surface area contributed by atoms with Crippen molar-refractivity contribution in [3.63, 3.8) is 0 Å². The van der Waals surface area contributed by atoms with Crippen LogP contribution in [0.1, 0.15) is 47.9 Å². The van der Waals surface area contributed by atoms with Gasteiger partial charge in [0.15, 0.2) is 11.7 Å². The first-order valence-corrected chi connectivity index (χ1v) is 10.5. The SMILES string of the molecule is COc1ccc(-c2cnc(CCC(=O)N3CCCC3c3cc(C)cc(C)c3)o2)cc1. The molecule has 1 unspecified atom stereocenters. The van der Waals surface area contributed by atoms with E-state index in [2.05, 4.69) is 37.0 Å². The topological polar surface area (TPSA) is 55.6 Å². The van der Waals surface area contributed by atoms with E-state index >= 15 is 0 Å². The summed E-state index contributed by atoms with van der Waals surface area (Å²) in [5.41, 5.74) is 4.68. The highest BCUT2D eigenvalue weighted by Crippen LogP contribution is 2.33. The number of nitrogens with zero attached hydrogens (tertiary/aromatic N) is 2. The van der Waals surface area contributed by atoms with Gasteiger partial charge in [0.25, 0.3) is 0 Å². The van der Waals surface area contributed by atoms with Crippen LogP contribution in [0, 0.1) is 13.8 Å². The fourth-order valence-corrected chi connectivity index (χ4v) is 4.29. The van der Waals surface area contributed by atoms with E-state index in [1.165, 1.54) is 16.7 Å². The summed E-state index contributed by atoms with van der Waals surface area (Å²) in [4.78, 5) is 19.4. The molecule has 1 fully saturated rings. The maximum absolute atomic E-state index is 13.0. The van der Waals surface area contributed by atoms with Gasteiger partial charge in [-0.15, -0.1) is 0 Å². The molecule has 5 heteroatoms. The van der Waals surface area contributed by atoms with Crippen molar-refractivity contribution in [1.82, 2.24) is 9.88 Å². The third-order valence-corrected chi connectivity index (χ3v) is 5.68. The maximum Gasteiger partial charge on any atom is 0.223 e. The molecular weight excluding hydrogens is 376 g/mol. The van der Waals surface area contributed by atoms with Crippen LogP contribution in [0.2, 0.25) is 0 Å². The van der Waals surface area contributed by atoms with Crippen LogP contribution in [0.4, 0.5) is 0 Å². The summed E-state index contributed by atoms with van der Waals surface area (Å²) >= 11 is 0. The Balaban J connectivity index is 1.40. The normalized spacial score (nSPS) is 16.1. The van der Waals surface area contributed by atoms with Gasteiger partial charge in [-0.2, -0.15) is 0 Å². The lowest BCUT2D eigenvalue weighted by Crippen LogP contribution is -2.30. The Bertz CT molecular complexity index is 1000. The van der Waals surface area contributed by atoms with Crippen molar-refractivity contribution in [3.05, 3.63) is 71.2 Å². The van der Waals surface area contributed by atoms with E-state index in [0.29, 0.717) is 24.5 Å². The van der Waals surface area contributed by atoms with Gasteiger partial charge < -0.3 is 14.1 Å². The molecule has 0 N–H and O–H groups in total. The molecule has 1 amide bonds. The Labute approximate surface area is 177 Å². The zero-order chi connectivity index (χ0) is 21.1. The van der Waals surface area contributed by atoms with E-state index < -0.39 is 0 Å². The van der Waals surface area contributed by atoms with Crippen LogP contribution >= 0.6 is 0 Å². The van der Waals surface area contributed by atoms with Gasteiger partial charge in [0.1, 0.15) is 5.75 Å². The van der Waals surface area contributed by atoms with Gasteiger partial charge in [-0.25, -0.2) is 4.98 Å². The Morgan fingerprint density at radius 1 is 1.17 bits per heavy atom. The highest BCUT2D eigenvalue weighted by molar-refractivity contribution is 5.77. The summed E-state index contributed by atoms with van der Waals surface area (Å²) in [6.07, 6.45) is 4.70. The average molecular weight is 405 g/mol. The summed E-state index contributed by atoms with van der Waals surface area (Å²) in [5, 5.41) is 0. The van der Waals surface area contributed by atoms with Crippen molar-refractivity contribution in [2.45, 2.75) is 45.6 Å². The molecule has 30 heavy (non-hydrogen) atoms. The zero-order valence-electron chi connectivity index (χ0n) is 17.9. The second-order valence-corrected chi connectivity index (χ2v) is 8.01. The first kappa shape index (κ1) is 20.2. The molecule has 1 aliphatic heterocycles. The lowest BCUT2D eigenvalue weighted by molar-refractivity contribution is -0.132. The van der Waals surface area contributed by atoms with Crippen molar-refractivity contribution < 1.29 is 13.9 Å². The van der Waals surface area contributed by atoms with Crippen LogP contribution in [0.5, 0.6) is 5.75 Å².